The van der Waals surface area contributed by atoms with Crippen LogP contribution in [0.2, 0.25) is 0 Å². The summed E-state index contributed by atoms with van der Waals surface area (Å²) in [5.41, 5.74) is 1.14. The van der Waals surface area contributed by atoms with Gasteiger partial charge in [0.1, 0.15) is 36.8 Å². The zero-order chi connectivity index (χ0) is 24.7. The number of carboxylic acid groups (broad SMARTS) is 1. The smallest absolute Gasteiger partial charge is 0.371 e. The molecule has 0 aromatic heterocycles. The molecule has 2 aromatic carbocycles. The SMILES string of the molecule is O=C(C=Cc1ccc(O)cc1)OC[C@H]1O[C@H](OC(=Cc2ccccc2)C(=O)O)[C@H](O)[C@@H](O)[C@@H]1O. The van der Waals surface area contributed by atoms with Crippen LogP contribution in [-0.4, -0.2) is 74.8 Å². The molecule has 10 heteroatoms. The number of carbonyl (C=O) groups excluding carboxylic acids is 1. The summed E-state index contributed by atoms with van der Waals surface area (Å²) >= 11 is 0. The molecule has 2 aromatic rings. The summed E-state index contributed by atoms with van der Waals surface area (Å²) in [4.78, 5) is 23.6. The zero-order valence-electron chi connectivity index (χ0n) is 17.8. The number of rotatable bonds is 8. The molecule has 1 aliphatic rings. The van der Waals surface area contributed by atoms with E-state index in [1.165, 1.54) is 24.3 Å². The van der Waals surface area contributed by atoms with Crippen molar-refractivity contribution in [1.82, 2.24) is 0 Å². The third-order valence-corrected chi connectivity index (χ3v) is 4.91. The fourth-order valence-corrected chi connectivity index (χ4v) is 3.09. The number of esters is 1. The van der Waals surface area contributed by atoms with Gasteiger partial charge in [0.15, 0.2) is 0 Å². The van der Waals surface area contributed by atoms with Crippen molar-refractivity contribution < 1.29 is 49.3 Å². The Bertz CT molecular complexity index is 1030. The quantitative estimate of drug-likeness (QED) is 0.212. The van der Waals surface area contributed by atoms with Gasteiger partial charge in [0.05, 0.1) is 0 Å². The monoisotopic (exact) mass is 472 g/mol. The lowest BCUT2D eigenvalue weighted by molar-refractivity contribution is -0.291. The number of aliphatic hydroxyl groups excluding tert-OH is 3. The third-order valence-electron chi connectivity index (χ3n) is 4.91. The van der Waals surface area contributed by atoms with Crippen molar-refractivity contribution in [3.8, 4) is 5.75 Å². The first-order chi connectivity index (χ1) is 16.2. The number of hydrogen-bond acceptors (Lipinski definition) is 9. The molecular weight excluding hydrogens is 448 g/mol. The lowest BCUT2D eigenvalue weighted by Crippen LogP contribution is -2.59. The van der Waals surface area contributed by atoms with Gasteiger partial charge in [0.25, 0.3) is 0 Å². The van der Waals surface area contributed by atoms with Crippen LogP contribution in [-0.2, 0) is 23.8 Å². The van der Waals surface area contributed by atoms with E-state index in [-0.39, 0.29) is 5.75 Å². The summed E-state index contributed by atoms with van der Waals surface area (Å²) in [6, 6.07) is 14.5. The van der Waals surface area contributed by atoms with Crippen LogP contribution in [0, 0.1) is 0 Å². The van der Waals surface area contributed by atoms with Crippen LogP contribution < -0.4 is 0 Å². The van der Waals surface area contributed by atoms with E-state index in [0.29, 0.717) is 11.1 Å². The van der Waals surface area contributed by atoms with Crippen LogP contribution in [0.1, 0.15) is 11.1 Å². The third kappa shape index (κ3) is 6.65. The lowest BCUT2D eigenvalue weighted by atomic mass is 9.99. The normalized spacial score (nSPS) is 25.1. The Morgan fingerprint density at radius 1 is 0.912 bits per heavy atom. The zero-order valence-corrected chi connectivity index (χ0v) is 17.8. The van der Waals surface area contributed by atoms with E-state index >= 15 is 0 Å². The molecule has 0 saturated carbocycles. The lowest BCUT2D eigenvalue weighted by Gasteiger charge is -2.39. The molecule has 0 spiro atoms. The van der Waals surface area contributed by atoms with Crippen LogP contribution in [0.5, 0.6) is 5.75 Å². The van der Waals surface area contributed by atoms with Crippen molar-refractivity contribution in [3.63, 3.8) is 0 Å². The highest BCUT2D eigenvalue weighted by molar-refractivity contribution is 5.90. The Kier molecular flexibility index (Phi) is 8.39. The van der Waals surface area contributed by atoms with Crippen molar-refractivity contribution in [2.45, 2.75) is 30.7 Å². The van der Waals surface area contributed by atoms with Crippen molar-refractivity contribution in [1.29, 1.82) is 0 Å². The summed E-state index contributed by atoms with van der Waals surface area (Å²) in [7, 11) is 0. The molecule has 34 heavy (non-hydrogen) atoms. The maximum absolute atomic E-state index is 12.0. The second-order valence-corrected chi connectivity index (χ2v) is 7.41. The topological polar surface area (TPSA) is 163 Å². The average molecular weight is 472 g/mol. The van der Waals surface area contributed by atoms with Crippen LogP contribution in [0.4, 0.5) is 0 Å². The number of aliphatic carboxylic acids is 1. The van der Waals surface area contributed by atoms with Gasteiger partial charge >= 0.3 is 11.9 Å². The predicted molar refractivity (Wildman–Crippen MR) is 118 cm³/mol. The van der Waals surface area contributed by atoms with Gasteiger partial charge in [-0.3, -0.25) is 0 Å². The minimum Gasteiger partial charge on any atom is -0.508 e. The van der Waals surface area contributed by atoms with Gasteiger partial charge < -0.3 is 39.7 Å². The first kappa shape index (κ1) is 24.9. The van der Waals surface area contributed by atoms with E-state index in [1.54, 1.807) is 42.5 Å². The summed E-state index contributed by atoms with van der Waals surface area (Å²) in [5, 5.41) is 49.3. The van der Waals surface area contributed by atoms with Crippen molar-refractivity contribution >= 4 is 24.1 Å². The molecule has 180 valence electrons. The van der Waals surface area contributed by atoms with Gasteiger partial charge in [-0.15, -0.1) is 0 Å². The summed E-state index contributed by atoms with van der Waals surface area (Å²) < 4.78 is 15.7. The second kappa shape index (κ2) is 11.4. The number of ether oxygens (including phenoxy) is 3. The minimum absolute atomic E-state index is 0.0744. The van der Waals surface area contributed by atoms with E-state index < -0.39 is 55.0 Å². The summed E-state index contributed by atoms with van der Waals surface area (Å²) in [6.45, 7) is -0.506. The van der Waals surface area contributed by atoms with Gasteiger partial charge in [-0.2, -0.15) is 0 Å². The van der Waals surface area contributed by atoms with Gasteiger partial charge in [-0.25, -0.2) is 9.59 Å². The van der Waals surface area contributed by atoms with Crippen molar-refractivity contribution in [2.75, 3.05) is 6.61 Å². The van der Waals surface area contributed by atoms with E-state index in [9.17, 15) is 35.1 Å². The second-order valence-electron chi connectivity index (χ2n) is 7.41. The fraction of sp³-hybridized carbons (Fsp3) is 0.250. The maximum atomic E-state index is 12.0. The van der Waals surface area contributed by atoms with Crippen molar-refractivity contribution in [3.05, 3.63) is 77.6 Å². The molecule has 1 saturated heterocycles. The number of carboxylic acids is 1. The Labute approximate surface area is 194 Å². The van der Waals surface area contributed by atoms with Crippen LogP contribution in [0.3, 0.4) is 0 Å². The highest BCUT2D eigenvalue weighted by Crippen LogP contribution is 2.25. The number of aromatic hydroxyl groups is 1. The van der Waals surface area contributed by atoms with Crippen LogP contribution >= 0.6 is 0 Å². The molecular formula is C24H24O10. The molecule has 1 heterocycles. The standard InChI is InChI=1S/C24H24O10/c25-16-9-6-14(7-10-16)8-11-19(26)32-13-18-20(27)21(28)22(29)24(34-18)33-17(23(30)31)12-15-4-2-1-3-5-15/h1-12,18,20-22,24-25,27-29H,13H2,(H,30,31)/t18-,20-,21+,22-,24+/m1/s1. The largest absolute Gasteiger partial charge is 0.508 e. The number of benzene rings is 2. The van der Waals surface area contributed by atoms with E-state index in [0.717, 1.165) is 6.08 Å². The maximum Gasteiger partial charge on any atom is 0.371 e. The minimum atomic E-state index is -1.77. The van der Waals surface area contributed by atoms with Gasteiger partial charge in [-0.1, -0.05) is 42.5 Å². The molecule has 5 N–H and O–H groups in total. The van der Waals surface area contributed by atoms with E-state index in [4.69, 9.17) is 14.2 Å². The number of phenols is 1. The van der Waals surface area contributed by atoms with Crippen LogP contribution in [0.25, 0.3) is 12.2 Å². The fourth-order valence-electron chi connectivity index (χ4n) is 3.09. The molecule has 1 fully saturated rings. The molecule has 1 aliphatic heterocycles. The van der Waals surface area contributed by atoms with Crippen molar-refractivity contribution in [2.24, 2.45) is 0 Å². The molecule has 0 bridgehead atoms. The molecule has 3 rings (SSSR count). The van der Waals surface area contributed by atoms with E-state index in [2.05, 4.69) is 0 Å². The molecule has 0 unspecified atom stereocenters. The van der Waals surface area contributed by atoms with Crippen LogP contribution in [0.15, 0.2) is 66.4 Å². The Balaban J connectivity index is 1.64. The Morgan fingerprint density at radius 2 is 1.59 bits per heavy atom. The number of aliphatic hydroxyl groups is 3. The first-order valence-corrected chi connectivity index (χ1v) is 10.2. The number of carbonyl (C=O) groups is 2. The number of phenolic OH excluding ortho intramolecular Hbond substituents is 1. The van der Waals surface area contributed by atoms with Gasteiger partial charge in [0.2, 0.25) is 12.0 Å². The average Bonchev–Trinajstić information content (AvgIpc) is 2.83. The molecule has 0 aliphatic carbocycles. The number of hydrogen-bond donors (Lipinski definition) is 5. The van der Waals surface area contributed by atoms with Gasteiger partial charge in [0, 0.05) is 6.08 Å². The first-order valence-electron chi connectivity index (χ1n) is 10.2. The van der Waals surface area contributed by atoms with E-state index in [1.807, 2.05) is 0 Å². The highest BCUT2D eigenvalue weighted by atomic mass is 16.7. The Morgan fingerprint density at radius 3 is 2.24 bits per heavy atom. The Hall–Kier alpha value is -3.70. The highest BCUT2D eigenvalue weighted by Gasteiger charge is 2.46. The predicted octanol–water partition coefficient (Wildman–Crippen LogP) is 0.898. The summed E-state index contributed by atoms with van der Waals surface area (Å²) in [6.07, 6.45) is -4.34. The summed E-state index contributed by atoms with van der Waals surface area (Å²) in [5.74, 6) is -2.71. The van der Waals surface area contributed by atoms with Gasteiger partial charge in [-0.05, 0) is 35.4 Å². The molecule has 5 atom stereocenters. The molecule has 10 nitrogen and oxygen atoms in total. The molecule has 0 radical (unpaired) electrons. The molecule has 0 amide bonds.